The summed E-state index contributed by atoms with van der Waals surface area (Å²) in [6, 6.07) is 5.84. The summed E-state index contributed by atoms with van der Waals surface area (Å²) >= 11 is 5.05. The number of aromatic nitrogens is 3. The fourth-order valence-electron chi connectivity index (χ4n) is 1.12. The third-order valence-electron chi connectivity index (χ3n) is 1.87. The number of nitrogens with zero attached hydrogens (tertiary/aromatic N) is 2. The Morgan fingerprint density at radius 1 is 1.47 bits per heavy atom. The quantitative estimate of drug-likeness (QED) is 0.671. The molecule has 0 radical (unpaired) electrons. The number of benzene rings is 1. The van der Waals surface area contributed by atoms with Crippen LogP contribution < -0.4 is 5.73 Å². The van der Waals surface area contributed by atoms with Crippen LogP contribution in [0.1, 0.15) is 5.56 Å². The number of nitrogen functional groups attached to an aromatic ring is 1. The Kier molecular flexibility index (Phi) is 3.27. The van der Waals surface area contributed by atoms with Crippen LogP contribution in [0.25, 0.3) is 0 Å². The van der Waals surface area contributed by atoms with Crippen LogP contribution in [0, 0.1) is 0 Å². The van der Waals surface area contributed by atoms with Gasteiger partial charge in [0.05, 0.1) is 0 Å². The summed E-state index contributed by atoms with van der Waals surface area (Å²) in [5, 5.41) is 7.39. The zero-order chi connectivity index (χ0) is 10.7. The van der Waals surface area contributed by atoms with Gasteiger partial charge in [0.1, 0.15) is 6.33 Å². The van der Waals surface area contributed by atoms with Crippen molar-refractivity contribution in [2.75, 3.05) is 5.73 Å². The first kappa shape index (κ1) is 10.5. The van der Waals surface area contributed by atoms with Gasteiger partial charge in [-0.1, -0.05) is 23.9 Å². The minimum atomic E-state index is 0.755. The number of thioether (sulfide) groups is 1. The van der Waals surface area contributed by atoms with Gasteiger partial charge in [-0.2, -0.15) is 5.10 Å². The van der Waals surface area contributed by atoms with Crippen LogP contribution in [0.2, 0.25) is 0 Å². The lowest BCUT2D eigenvalue weighted by Crippen LogP contribution is -1.91. The van der Waals surface area contributed by atoms with Gasteiger partial charge in [-0.15, -0.1) is 0 Å². The average Bonchev–Trinajstić information content (AvgIpc) is 2.73. The van der Waals surface area contributed by atoms with Gasteiger partial charge in [0.15, 0.2) is 5.16 Å². The molecule has 0 aliphatic heterocycles. The highest BCUT2D eigenvalue weighted by Crippen LogP contribution is 2.28. The second-order valence-electron chi connectivity index (χ2n) is 2.90. The van der Waals surface area contributed by atoms with Crippen LogP contribution in [0.15, 0.2) is 34.2 Å². The van der Waals surface area contributed by atoms with Crippen LogP contribution in [0.3, 0.4) is 0 Å². The first-order valence-electron chi connectivity index (χ1n) is 4.28. The molecule has 15 heavy (non-hydrogen) atoms. The number of hydrogen-bond donors (Lipinski definition) is 2. The second-order valence-corrected chi connectivity index (χ2v) is 4.66. The predicted octanol–water partition coefficient (Wildman–Crippen LogP) is 2.44. The molecule has 0 bridgehead atoms. The Morgan fingerprint density at radius 3 is 3.07 bits per heavy atom. The van der Waals surface area contributed by atoms with Crippen molar-refractivity contribution in [1.82, 2.24) is 15.2 Å². The van der Waals surface area contributed by atoms with E-state index in [4.69, 9.17) is 5.73 Å². The number of halogens is 1. The summed E-state index contributed by atoms with van der Waals surface area (Å²) in [4.78, 5) is 4.03. The Labute approximate surface area is 99.8 Å². The van der Waals surface area contributed by atoms with E-state index in [0.717, 1.165) is 26.6 Å². The van der Waals surface area contributed by atoms with E-state index >= 15 is 0 Å². The van der Waals surface area contributed by atoms with Crippen molar-refractivity contribution in [2.24, 2.45) is 0 Å². The van der Waals surface area contributed by atoms with E-state index in [0.29, 0.717) is 0 Å². The minimum Gasteiger partial charge on any atom is -0.398 e. The number of H-pyrrole nitrogens is 1. The monoisotopic (exact) mass is 284 g/mol. The Balaban J connectivity index is 2.08. The van der Waals surface area contributed by atoms with E-state index in [2.05, 4.69) is 31.1 Å². The molecule has 0 unspecified atom stereocenters. The molecule has 0 saturated heterocycles. The molecular weight excluding hydrogens is 276 g/mol. The minimum absolute atomic E-state index is 0.755. The lowest BCUT2D eigenvalue weighted by molar-refractivity contribution is 0.972. The van der Waals surface area contributed by atoms with Gasteiger partial charge < -0.3 is 5.73 Å². The molecule has 0 atom stereocenters. The van der Waals surface area contributed by atoms with Gasteiger partial charge in [0.25, 0.3) is 0 Å². The summed E-state index contributed by atoms with van der Waals surface area (Å²) in [7, 11) is 0. The highest BCUT2D eigenvalue weighted by Gasteiger charge is 2.04. The first-order valence-corrected chi connectivity index (χ1v) is 6.06. The predicted molar refractivity (Wildman–Crippen MR) is 64.5 cm³/mol. The maximum atomic E-state index is 5.78. The second kappa shape index (κ2) is 4.67. The van der Waals surface area contributed by atoms with Crippen LogP contribution in [-0.2, 0) is 5.75 Å². The average molecular weight is 285 g/mol. The lowest BCUT2D eigenvalue weighted by Gasteiger charge is -2.04. The van der Waals surface area contributed by atoms with Crippen LogP contribution in [0.5, 0.6) is 0 Å². The van der Waals surface area contributed by atoms with Crippen LogP contribution >= 0.6 is 27.7 Å². The molecule has 0 amide bonds. The zero-order valence-corrected chi connectivity index (χ0v) is 10.2. The molecule has 6 heteroatoms. The third kappa shape index (κ3) is 2.51. The number of nitrogens with two attached hydrogens (primary N) is 1. The van der Waals surface area contributed by atoms with Crippen molar-refractivity contribution in [1.29, 1.82) is 0 Å². The highest BCUT2D eigenvalue weighted by molar-refractivity contribution is 9.10. The number of anilines is 1. The van der Waals surface area contributed by atoms with E-state index in [1.165, 1.54) is 6.33 Å². The van der Waals surface area contributed by atoms with Gasteiger partial charge >= 0.3 is 0 Å². The normalized spacial score (nSPS) is 10.5. The zero-order valence-electron chi connectivity index (χ0n) is 7.77. The van der Waals surface area contributed by atoms with E-state index in [9.17, 15) is 0 Å². The van der Waals surface area contributed by atoms with Crippen LogP contribution in [-0.4, -0.2) is 15.2 Å². The molecule has 0 spiro atoms. The highest BCUT2D eigenvalue weighted by atomic mass is 79.9. The number of hydrogen-bond acceptors (Lipinski definition) is 4. The SMILES string of the molecule is Nc1cccc(CSc2ncn[nH]2)c1Br. The van der Waals surface area contributed by atoms with Gasteiger partial charge in [-0.05, 0) is 27.6 Å². The smallest absolute Gasteiger partial charge is 0.183 e. The Hall–Kier alpha value is -1.01. The maximum absolute atomic E-state index is 5.78. The summed E-state index contributed by atoms with van der Waals surface area (Å²) < 4.78 is 0.956. The largest absolute Gasteiger partial charge is 0.398 e. The topological polar surface area (TPSA) is 67.6 Å². The Bertz CT molecular complexity index is 443. The molecule has 1 aromatic carbocycles. The van der Waals surface area contributed by atoms with Crippen molar-refractivity contribution in [3.05, 3.63) is 34.6 Å². The van der Waals surface area contributed by atoms with Crippen molar-refractivity contribution in [2.45, 2.75) is 10.9 Å². The van der Waals surface area contributed by atoms with Crippen molar-refractivity contribution < 1.29 is 0 Å². The van der Waals surface area contributed by atoms with E-state index in [-0.39, 0.29) is 0 Å². The fourth-order valence-corrected chi connectivity index (χ4v) is 2.48. The fraction of sp³-hybridized carbons (Fsp3) is 0.111. The van der Waals surface area contributed by atoms with E-state index in [1.54, 1.807) is 11.8 Å². The molecule has 0 fully saturated rings. The lowest BCUT2D eigenvalue weighted by atomic mass is 10.2. The molecule has 4 nitrogen and oxygen atoms in total. The summed E-state index contributed by atoms with van der Waals surface area (Å²) in [6.45, 7) is 0. The van der Waals surface area contributed by atoms with Gasteiger partial charge in [0.2, 0.25) is 0 Å². The van der Waals surface area contributed by atoms with E-state index in [1.807, 2.05) is 18.2 Å². The molecule has 0 aliphatic rings. The molecular formula is C9H9BrN4S. The molecule has 3 N–H and O–H groups in total. The Morgan fingerprint density at radius 2 is 2.33 bits per heavy atom. The van der Waals surface area contributed by atoms with Crippen molar-refractivity contribution >= 4 is 33.4 Å². The molecule has 1 heterocycles. The number of nitrogens with one attached hydrogen (secondary N) is 1. The first-order chi connectivity index (χ1) is 7.27. The summed E-state index contributed by atoms with van der Waals surface area (Å²) in [5.74, 6) is 0.806. The maximum Gasteiger partial charge on any atom is 0.183 e. The van der Waals surface area contributed by atoms with Crippen molar-refractivity contribution in [3.8, 4) is 0 Å². The van der Waals surface area contributed by atoms with Crippen molar-refractivity contribution in [3.63, 3.8) is 0 Å². The van der Waals surface area contributed by atoms with Gasteiger partial charge in [-0.3, -0.25) is 5.10 Å². The van der Waals surface area contributed by atoms with Crippen LogP contribution in [0.4, 0.5) is 5.69 Å². The molecule has 0 aliphatic carbocycles. The summed E-state index contributed by atoms with van der Waals surface area (Å²) in [5.41, 5.74) is 7.68. The van der Waals surface area contributed by atoms with Gasteiger partial charge in [-0.25, -0.2) is 4.98 Å². The molecule has 2 rings (SSSR count). The summed E-state index contributed by atoms with van der Waals surface area (Å²) in [6.07, 6.45) is 1.50. The van der Waals surface area contributed by atoms with Gasteiger partial charge in [0, 0.05) is 15.9 Å². The standard InChI is InChI=1S/C9H9BrN4S/c10-8-6(2-1-3-7(8)11)4-15-9-12-5-13-14-9/h1-3,5H,4,11H2,(H,12,13,14). The number of rotatable bonds is 3. The molecule has 78 valence electrons. The van der Waals surface area contributed by atoms with E-state index < -0.39 is 0 Å². The number of aromatic amines is 1. The molecule has 2 aromatic rings. The molecule has 1 aromatic heterocycles. The third-order valence-corrected chi connectivity index (χ3v) is 3.76. The molecule has 0 saturated carbocycles.